The Balaban J connectivity index is 1.60. The molecule has 8 heteroatoms. The Morgan fingerprint density at radius 1 is 1.33 bits per heavy atom. The van der Waals surface area contributed by atoms with Crippen molar-refractivity contribution in [2.45, 2.75) is 61.9 Å². The monoisotopic (exact) mass is 412 g/mol. The highest BCUT2D eigenvalue weighted by Gasteiger charge is 2.49. The number of nitrogens with two attached hydrogens (primary N) is 1. The molecule has 1 spiro atoms. The van der Waals surface area contributed by atoms with Crippen LogP contribution in [-0.2, 0) is 14.8 Å². The van der Waals surface area contributed by atoms with Crippen LogP contribution in [0.3, 0.4) is 0 Å². The molecule has 1 amide bonds. The minimum atomic E-state index is -3.44. The first-order valence-corrected chi connectivity index (χ1v) is 12.1. The fraction of sp³-hybridized carbons (Fsp3) is 0.632. The number of piperidine rings is 1. The summed E-state index contributed by atoms with van der Waals surface area (Å²) in [6.07, 6.45) is 2.44. The third-order valence-electron chi connectivity index (χ3n) is 5.62. The number of hydrogen-bond acceptors (Lipinski definition) is 4. The summed E-state index contributed by atoms with van der Waals surface area (Å²) in [5, 5.41) is 5.23. The van der Waals surface area contributed by atoms with Gasteiger partial charge in [0, 0.05) is 32.0 Å². The Labute approximate surface area is 166 Å². The predicted octanol–water partition coefficient (Wildman–Crippen LogP) is 1.07. The summed E-state index contributed by atoms with van der Waals surface area (Å²) in [6.45, 7) is 7.02. The number of nitrogens with zero attached hydrogens (tertiary/aromatic N) is 1. The van der Waals surface area contributed by atoms with E-state index in [1.807, 2.05) is 37.7 Å². The SMILES string of the molecule is CC[C@H](C)NC(=O)[C@@H]1CSC2(CCN(S(=O)(=O)c3ccc(C)cc3)CC2)[NH2+]1. The fourth-order valence-corrected chi connectivity index (χ4v) is 6.53. The highest BCUT2D eigenvalue weighted by atomic mass is 32.2. The van der Waals surface area contributed by atoms with Crippen LogP contribution in [0, 0.1) is 6.92 Å². The van der Waals surface area contributed by atoms with Crippen LogP contribution < -0.4 is 10.6 Å². The zero-order valence-electron chi connectivity index (χ0n) is 16.3. The molecule has 2 heterocycles. The molecule has 2 fully saturated rings. The van der Waals surface area contributed by atoms with Crippen molar-refractivity contribution in [3.8, 4) is 0 Å². The van der Waals surface area contributed by atoms with E-state index in [1.165, 1.54) is 0 Å². The van der Waals surface area contributed by atoms with Crippen molar-refractivity contribution in [3.63, 3.8) is 0 Å². The lowest BCUT2D eigenvalue weighted by molar-refractivity contribution is -0.714. The van der Waals surface area contributed by atoms with E-state index in [0.717, 1.165) is 30.6 Å². The molecule has 2 atom stereocenters. The summed E-state index contributed by atoms with van der Waals surface area (Å²) in [7, 11) is -3.44. The van der Waals surface area contributed by atoms with Crippen molar-refractivity contribution in [2.24, 2.45) is 0 Å². The van der Waals surface area contributed by atoms with Gasteiger partial charge in [0.15, 0.2) is 6.04 Å². The molecule has 27 heavy (non-hydrogen) atoms. The van der Waals surface area contributed by atoms with Crippen LogP contribution in [0.1, 0.15) is 38.7 Å². The highest BCUT2D eigenvalue weighted by Crippen LogP contribution is 2.35. The lowest BCUT2D eigenvalue weighted by Crippen LogP contribution is -3.00. The molecule has 1 aromatic rings. The molecule has 1 aromatic carbocycles. The molecule has 0 aliphatic carbocycles. The molecular formula is C19H30N3O3S2+. The van der Waals surface area contributed by atoms with E-state index in [0.29, 0.717) is 18.0 Å². The fourth-order valence-electron chi connectivity index (χ4n) is 3.60. The molecule has 0 unspecified atom stereocenters. The molecule has 3 N–H and O–H groups in total. The number of amides is 1. The quantitative estimate of drug-likeness (QED) is 0.758. The van der Waals surface area contributed by atoms with Gasteiger partial charge in [0.25, 0.3) is 5.91 Å². The normalized spacial score (nSPS) is 24.0. The van der Waals surface area contributed by atoms with Crippen LogP contribution >= 0.6 is 11.8 Å². The molecule has 0 radical (unpaired) electrons. The van der Waals surface area contributed by atoms with Gasteiger partial charge in [-0.15, -0.1) is 0 Å². The lowest BCUT2D eigenvalue weighted by atomic mass is 10.0. The van der Waals surface area contributed by atoms with Crippen molar-refractivity contribution in [3.05, 3.63) is 29.8 Å². The second kappa shape index (κ2) is 8.11. The van der Waals surface area contributed by atoms with E-state index < -0.39 is 10.0 Å². The third-order valence-corrected chi connectivity index (χ3v) is 9.18. The van der Waals surface area contributed by atoms with Gasteiger partial charge in [0.05, 0.1) is 10.6 Å². The van der Waals surface area contributed by atoms with Crippen molar-refractivity contribution >= 4 is 27.7 Å². The largest absolute Gasteiger partial charge is 0.348 e. The number of aryl methyl sites for hydroxylation is 1. The molecule has 3 rings (SSSR count). The summed E-state index contributed by atoms with van der Waals surface area (Å²) in [5.74, 6) is 0.885. The first kappa shape index (κ1) is 20.6. The number of carbonyl (C=O) groups is 1. The second-order valence-corrected chi connectivity index (χ2v) is 11.1. The van der Waals surface area contributed by atoms with Gasteiger partial charge in [0.1, 0.15) is 4.87 Å². The van der Waals surface area contributed by atoms with Gasteiger partial charge in [-0.05, 0) is 32.4 Å². The van der Waals surface area contributed by atoms with Crippen LogP contribution in [0.5, 0.6) is 0 Å². The van der Waals surface area contributed by atoms with Gasteiger partial charge in [-0.3, -0.25) is 4.79 Å². The van der Waals surface area contributed by atoms with Gasteiger partial charge in [0.2, 0.25) is 10.0 Å². The molecule has 2 aliphatic rings. The summed E-state index contributed by atoms with van der Waals surface area (Å²) in [5.41, 5.74) is 1.05. The predicted molar refractivity (Wildman–Crippen MR) is 108 cm³/mol. The number of nitrogens with one attached hydrogen (secondary N) is 1. The maximum atomic E-state index is 12.9. The third kappa shape index (κ3) is 4.50. The number of sulfonamides is 1. The van der Waals surface area contributed by atoms with Crippen molar-refractivity contribution in [2.75, 3.05) is 18.8 Å². The van der Waals surface area contributed by atoms with Crippen molar-refractivity contribution in [1.82, 2.24) is 9.62 Å². The number of carbonyl (C=O) groups excluding carboxylic acids is 1. The van der Waals surface area contributed by atoms with Gasteiger partial charge >= 0.3 is 0 Å². The van der Waals surface area contributed by atoms with Gasteiger partial charge in [-0.25, -0.2) is 8.42 Å². The Hall–Kier alpha value is -1.09. The zero-order chi connectivity index (χ0) is 19.7. The smallest absolute Gasteiger partial charge is 0.279 e. The maximum Gasteiger partial charge on any atom is 0.279 e. The summed E-state index contributed by atoms with van der Waals surface area (Å²) >= 11 is 1.81. The van der Waals surface area contributed by atoms with Crippen LogP contribution in [0.15, 0.2) is 29.2 Å². The van der Waals surface area contributed by atoms with E-state index in [2.05, 4.69) is 17.6 Å². The summed E-state index contributed by atoms with van der Waals surface area (Å²) < 4.78 is 27.3. The number of quaternary nitrogens is 1. The minimum Gasteiger partial charge on any atom is -0.348 e. The van der Waals surface area contributed by atoms with E-state index in [1.54, 1.807) is 16.4 Å². The van der Waals surface area contributed by atoms with Crippen LogP contribution in [-0.4, -0.2) is 54.4 Å². The average Bonchev–Trinajstić information content (AvgIpc) is 3.06. The minimum absolute atomic E-state index is 0.0727. The Morgan fingerprint density at radius 2 is 1.96 bits per heavy atom. The Bertz CT molecular complexity index is 772. The molecule has 2 aliphatic heterocycles. The van der Waals surface area contributed by atoms with E-state index >= 15 is 0 Å². The molecule has 0 saturated carbocycles. The molecule has 2 saturated heterocycles. The topological polar surface area (TPSA) is 83.1 Å². The number of thioether (sulfide) groups is 1. The second-order valence-electron chi connectivity index (χ2n) is 7.68. The first-order valence-electron chi connectivity index (χ1n) is 9.63. The molecule has 150 valence electrons. The molecule has 6 nitrogen and oxygen atoms in total. The van der Waals surface area contributed by atoms with Crippen molar-refractivity contribution in [1.29, 1.82) is 0 Å². The summed E-state index contributed by atoms with van der Waals surface area (Å²) in [6, 6.07) is 7.14. The number of hydrogen-bond donors (Lipinski definition) is 2. The van der Waals surface area contributed by atoms with E-state index in [9.17, 15) is 13.2 Å². The lowest BCUT2D eigenvalue weighted by Gasteiger charge is -2.35. The van der Waals surface area contributed by atoms with E-state index in [-0.39, 0.29) is 22.9 Å². The highest BCUT2D eigenvalue weighted by molar-refractivity contribution is 8.00. The van der Waals surface area contributed by atoms with Gasteiger partial charge < -0.3 is 10.6 Å². The van der Waals surface area contributed by atoms with Crippen LogP contribution in [0.4, 0.5) is 0 Å². The van der Waals surface area contributed by atoms with Crippen LogP contribution in [0.25, 0.3) is 0 Å². The molecule has 0 bridgehead atoms. The average molecular weight is 413 g/mol. The Morgan fingerprint density at radius 3 is 2.56 bits per heavy atom. The number of rotatable bonds is 5. The first-order chi connectivity index (χ1) is 12.8. The van der Waals surface area contributed by atoms with Crippen molar-refractivity contribution < 1.29 is 18.5 Å². The standard InChI is InChI=1S/C19H29N3O3S2/c1-4-15(3)20-18(23)17-13-26-19(21-17)9-11-22(12-10-19)27(24,25)16-7-5-14(2)6-8-16/h5-8,15,17,21H,4,9-13H2,1-3H3,(H,20,23)/p+1/t15-,17-/m0/s1. The molecule has 0 aromatic heterocycles. The number of benzene rings is 1. The van der Waals surface area contributed by atoms with Crippen LogP contribution in [0.2, 0.25) is 0 Å². The molecular weight excluding hydrogens is 382 g/mol. The van der Waals surface area contributed by atoms with E-state index in [4.69, 9.17) is 0 Å². The van der Waals surface area contributed by atoms with Gasteiger partial charge in [-0.1, -0.05) is 36.4 Å². The van der Waals surface area contributed by atoms with Gasteiger partial charge in [-0.2, -0.15) is 4.31 Å². The summed E-state index contributed by atoms with van der Waals surface area (Å²) in [4.78, 5) is 12.7. The maximum absolute atomic E-state index is 12.9. The zero-order valence-corrected chi connectivity index (χ0v) is 17.9. The Kier molecular flexibility index (Phi) is 6.20.